The molecule has 1 unspecified atom stereocenters. The summed E-state index contributed by atoms with van der Waals surface area (Å²) in [6.45, 7) is 4.46. The molecule has 5 heteroatoms. The second-order valence-electron chi connectivity index (χ2n) is 3.69. The summed E-state index contributed by atoms with van der Waals surface area (Å²) in [5.41, 5.74) is 5.02. The van der Waals surface area contributed by atoms with Gasteiger partial charge in [-0.15, -0.1) is 0 Å². The highest BCUT2D eigenvalue weighted by Crippen LogP contribution is 2.46. The van der Waals surface area contributed by atoms with Crippen molar-refractivity contribution >= 4 is 7.60 Å². The van der Waals surface area contributed by atoms with Crippen LogP contribution in [-0.2, 0) is 9.09 Å². The number of nitrogens with two attached hydrogens (primary N) is 1. The summed E-state index contributed by atoms with van der Waals surface area (Å²) in [7, 11) is -3.34. The molecular weight excluding hydrogens is 201 g/mol. The number of unbranched alkanes of at least 4 members (excludes halogenated alkanes) is 3. The Hall–Kier alpha value is 0.110. The molecule has 0 radical (unpaired) electrons. The first-order valence-electron chi connectivity index (χ1n) is 5.17. The number of hydrogen-bond acceptors (Lipinski definition) is 3. The van der Waals surface area contributed by atoms with Gasteiger partial charge in [0.25, 0.3) is 0 Å². The van der Waals surface area contributed by atoms with Gasteiger partial charge in [-0.2, -0.15) is 0 Å². The average molecular weight is 223 g/mol. The van der Waals surface area contributed by atoms with Crippen molar-refractivity contribution in [2.24, 2.45) is 5.73 Å². The quantitative estimate of drug-likeness (QED) is 0.488. The van der Waals surface area contributed by atoms with Crippen LogP contribution in [0.15, 0.2) is 0 Å². The van der Waals surface area contributed by atoms with Gasteiger partial charge < -0.3 is 15.2 Å². The molecule has 0 aromatic carbocycles. The molecule has 0 aliphatic rings. The molecular formula is C9H22NO3P. The van der Waals surface area contributed by atoms with Crippen molar-refractivity contribution in [3.8, 4) is 0 Å². The van der Waals surface area contributed by atoms with Gasteiger partial charge in [-0.05, 0) is 19.4 Å². The van der Waals surface area contributed by atoms with Gasteiger partial charge >= 0.3 is 7.60 Å². The molecule has 0 aromatic heterocycles. The molecule has 0 aliphatic heterocycles. The number of rotatable bonds is 8. The third kappa shape index (κ3) is 6.55. The fourth-order valence-corrected chi connectivity index (χ4v) is 1.63. The molecule has 0 saturated carbocycles. The van der Waals surface area contributed by atoms with Gasteiger partial charge in [0.2, 0.25) is 0 Å². The first kappa shape index (κ1) is 14.1. The summed E-state index contributed by atoms with van der Waals surface area (Å²) in [5.74, 6) is 0. The minimum atomic E-state index is -3.34. The van der Waals surface area contributed by atoms with E-state index in [-0.39, 0.29) is 5.66 Å². The van der Waals surface area contributed by atoms with E-state index in [1.54, 1.807) is 13.8 Å². The maximum absolute atomic E-state index is 11.3. The van der Waals surface area contributed by atoms with Gasteiger partial charge in [-0.3, -0.25) is 4.57 Å². The Kier molecular flexibility index (Phi) is 7.47. The zero-order chi connectivity index (χ0) is 11.0. The molecule has 0 heterocycles. The second-order valence-corrected chi connectivity index (χ2v) is 6.11. The highest BCUT2D eigenvalue weighted by Gasteiger charge is 2.23. The van der Waals surface area contributed by atoms with Crippen LogP contribution in [0.2, 0.25) is 0 Å². The Bertz CT molecular complexity index is 185. The van der Waals surface area contributed by atoms with Crippen LogP contribution in [-0.4, -0.2) is 23.7 Å². The zero-order valence-corrected chi connectivity index (χ0v) is 10.0. The first-order chi connectivity index (χ1) is 6.50. The van der Waals surface area contributed by atoms with Crippen LogP contribution < -0.4 is 5.73 Å². The van der Waals surface area contributed by atoms with E-state index in [0.29, 0.717) is 13.2 Å². The minimum Gasteiger partial charge on any atom is -0.330 e. The van der Waals surface area contributed by atoms with Crippen LogP contribution in [0.3, 0.4) is 0 Å². The summed E-state index contributed by atoms with van der Waals surface area (Å²) in [6.07, 6.45) is 3.92. The van der Waals surface area contributed by atoms with Crippen molar-refractivity contribution in [3.05, 3.63) is 0 Å². The lowest BCUT2D eigenvalue weighted by Gasteiger charge is -2.14. The van der Waals surface area contributed by atoms with E-state index in [2.05, 4.69) is 0 Å². The molecule has 0 amide bonds. The van der Waals surface area contributed by atoms with E-state index in [0.717, 1.165) is 25.7 Å². The molecule has 1 atom stereocenters. The van der Waals surface area contributed by atoms with Gasteiger partial charge in [-0.25, -0.2) is 0 Å². The minimum absolute atomic E-state index is 0.313. The third-order valence-corrected chi connectivity index (χ3v) is 3.88. The normalized spacial score (nSPS) is 15.8. The summed E-state index contributed by atoms with van der Waals surface area (Å²) < 4.78 is 16.3. The number of hydrogen-bond donors (Lipinski definition) is 2. The molecule has 0 bridgehead atoms. The molecule has 0 rings (SSSR count). The summed E-state index contributed by atoms with van der Waals surface area (Å²) >= 11 is 0. The van der Waals surface area contributed by atoms with E-state index < -0.39 is 7.60 Å². The van der Waals surface area contributed by atoms with Crippen molar-refractivity contribution in [2.45, 2.75) is 45.2 Å². The molecule has 86 valence electrons. The maximum atomic E-state index is 11.3. The van der Waals surface area contributed by atoms with Crippen molar-refractivity contribution < 1.29 is 14.0 Å². The Morgan fingerprint density at radius 3 is 2.36 bits per heavy atom. The largest absolute Gasteiger partial charge is 0.330 e. The predicted octanol–water partition coefficient (Wildman–Crippen LogP) is 2.12. The lowest BCUT2D eigenvalue weighted by molar-refractivity contribution is 0.247. The Labute approximate surface area is 86.4 Å². The average Bonchev–Trinajstić information content (AvgIpc) is 2.10. The van der Waals surface area contributed by atoms with Crippen molar-refractivity contribution in [1.82, 2.24) is 0 Å². The van der Waals surface area contributed by atoms with Crippen LogP contribution in [0.25, 0.3) is 0 Å². The maximum Gasteiger partial charge on any atom is 0.330 e. The monoisotopic (exact) mass is 223 g/mol. The molecule has 4 nitrogen and oxygen atoms in total. The predicted molar refractivity (Wildman–Crippen MR) is 58.4 cm³/mol. The van der Waals surface area contributed by atoms with E-state index in [4.69, 9.17) is 10.3 Å². The second kappa shape index (κ2) is 7.41. The van der Waals surface area contributed by atoms with E-state index in [1.165, 1.54) is 0 Å². The first-order valence-corrected chi connectivity index (χ1v) is 6.82. The molecule has 3 N–H and O–H groups in total. The summed E-state index contributed by atoms with van der Waals surface area (Å²) in [4.78, 5) is 9.31. The molecule has 0 aromatic rings. The van der Waals surface area contributed by atoms with Gasteiger partial charge in [0.05, 0.1) is 12.3 Å². The fourth-order valence-electron chi connectivity index (χ4n) is 0.944. The standard InChI is InChI=1S/C9H22NO3P/c1-9(2)14(11,12)13-8-6-4-3-5-7-10/h9H,3-8,10H2,1-2H3,(H,11,12). The van der Waals surface area contributed by atoms with Gasteiger partial charge in [0.1, 0.15) is 0 Å². The van der Waals surface area contributed by atoms with Crippen LogP contribution in [0.5, 0.6) is 0 Å². The van der Waals surface area contributed by atoms with Gasteiger partial charge in [0.15, 0.2) is 0 Å². The van der Waals surface area contributed by atoms with Gasteiger partial charge in [0, 0.05) is 0 Å². The molecule has 0 spiro atoms. The molecule has 0 fully saturated rings. The van der Waals surface area contributed by atoms with E-state index >= 15 is 0 Å². The van der Waals surface area contributed by atoms with Crippen LogP contribution in [0.4, 0.5) is 0 Å². The van der Waals surface area contributed by atoms with Crippen molar-refractivity contribution in [1.29, 1.82) is 0 Å². The zero-order valence-electron chi connectivity index (χ0n) is 9.11. The third-order valence-electron chi connectivity index (χ3n) is 2.03. The van der Waals surface area contributed by atoms with Crippen molar-refractivity contribution in [2.75, 3.05) is 13.2 Å². The SMILES string of the molecule is CC(C)P(=O)(O)OCCCCCCN. The van der Waals surface area contributed by atoms with Gasteiger partial charge in [-0.1, -0.05) is 26.7 Å². The smallest absolute Gasteiger partial charge is 0.330 e. The van der Waals surface area contributed by atoms with Crippen LogP contribution in [0, 0.1) is 0 Å². The highest BCUT2D eigenvalue weighted by molar-refractivity contribution is 7.53. The molecule has 0 saturated heterocycles. The fraction of sp³-hybridized carbons (Fsp3) is 1.00. The van der Waals surface area contributed by atoms with E-state index in [9.17, 15) is 9.46 Å². The Morgan fingerprint density at radius 1 is 1.29 bits per heavy atom. The lowest BCUT2D eigenvalue weighted by atomic mass is 10.2. The molecule has 14 heavy (non-hydrogen) atoms. The lowest BCUT2D eigenvalue weighted by Crippen LogP contribution is -2.03. The van der Waals surface area contributed by atoms with Crippen molar-refractivity contribution in [3.63, 3.8) is 0 Å². The highest BCUT2D eigenvalue weighted by atomic mass is 31.2. The Morgan fingerprint density at radius 2 is 1.86 bits per heavy atom. The van der Waals surface area contributed by atoms with Crippen LogP contribution >= 0.6 is 7.60 Å². The molecule has 0 aliphatic carbocycles. The Balaban J connectivity index is 3.40. The van der Waals surface area contributed by atoms with E-state index in [1.807, 2.05) is 0 Å². The van der Waals surface area contributed by atoms with Crippen LogP contribution in [0.1, 0.15) is 39.5 Å². The topological polar surface area (TPSA) is 72.5 Å². The summed E-state index contributed by atoms with van der Waals surface area (Å²) in [5, 5.41) is 0. The summed E-state index contributed by atoms with van der Waals surface area (Å²) in [6, 6.07) is 0.